The molecule has 6 nitrogen and oxygen atoms in total. The van der Waals surface area contributed by atoms with Crippen molar-refractivity contribution in [2.45, 2.75) is 26.4 Å². The van der Waals surface area contributed by atoms with Crippen molar-refractivity contribution in [1.82, 2.24) is 0 Å². The van der Waals surface area contributed by atoms with Crippen LogP contribution >= 0.6 is 0 Å². The van der Waals surface area contributed by atoms with Gasteiger partial charge in [0.15, 0.2) is 0 Å². The van der Waals surface area contributed by atoms with Crippen LogP contribution in [0.4, 0.5) is 5.69 Å². The fourth-order valence-corrected chi connectivity index (χ4v) is 1.50. The van der Waals surface area contributed by atoms with Crippen LogP contribution in [0.15, 0.2) is 18.2 Å². The molecule has 0 aromatic heterocycles. The zero-order chi connectivity index (χ0) is 14.3. The van der Waals surface area contributed by atoms with Crippen LogP contribution in [0.2, 0.25) is 0 Å². The number of benzene rings is 1. The number of carbonyl (C=O) groups is 2. The third-order valence-corrected chi connectivity index (χ3v) is 2.56. The minimum atomic E-state index is -1.11. The Balaban J connectivity index is 3.01. The molecule has 0 heterocycles. The predicted molar refractivity (Wildman–Crippen MR) is 68.7 cm³/mol. The number of hydroxylamine groups is 1. The average molecular weight is 267 g/mol. The maximum atomic E-state index is 11.0. The molecule has 2 N–H and O–H groups in total. The Kier molecular flexibility index (Phi) is 5.98. The predicted octanol–water partition coefficient (Wildman–Crippen LogP) is 1.57. The normalized spacial score (nSPS) is 10.2. The summed E-state index contributed by atoms with van der Waals surface area (Å²) in [6, 6.07) is 4.12. The van der Waals surface area contributed by atoms with Gasteiger partial charge in [-0.3, -0.25) is 9.63 Å². The van der Waals surface area contributed by atoms with E-state index in [1.165, 1.54) is 18.2 Å². The Morgan fingerprint density at radius 3 is 2.74 bits per heavy atom. The molecule has 6 heteroatoms. The van der Waals surface area contributed by atoms with Crippen molar-refractivity contribution in [3.05, 3.63) is 29.3 Å². The highest BCUT2D eigenvalue weighted by Gasteiger charge is 2.14. The monoisotopic (exact) mass is 267 g/mol. The van der Waals surface area contributed by atoms with Gasteiger partial charge in [-0.2, -0.15) is 5.06 Å². The Morgan fingerprint density at radius 1 is 1.47 bits per heavy atom. The number of carbonyl (C=O) groups excluding carboxylic acids is 1. The van der Waals surface area contributed by atoms with Crippen molar-refractivity contribution >= 4 is 18.1 Å². The second-order valence-electron chi connectivity index (χ2n) is 3.92. The van der Waals surface area contributed by atoms with Gasteiger partial charge in [0, 0.05) is 5.56 Å². The zero-order valence-electron chi connectivity index (χ0n) is 10.7. The van der Waals surface area contributed by atoms with E-state index in [9.17, 15) is 14.7 Å². The lowest BCUT2D eigenvalue weighted by Crippen LogP contribution is -2.24. The van der Waals surface area contributed by atoms with Crippen LogP contribution in [0.5, 0.6) is 0 Å². The van der Waals surface area contributed by atoms with Gasteiger partial charge in [0.1, 0.15) is 0 Å². The number of hydrogen-bond donors (Lipinski definition) is 2. The van der Waals surface area contributed by atoms with E-state index in [-0.39, 0.29) is 17.9 Å². The van der Waals surface area contributed by atoms with E-state index in [1.807, 2.05) is 6.92 Å². The lowest BCUT2D eigenvalue weighted by molar-refractivity contribution is -0.114. The molecule has 1 aromatic rings. The second-order valence-corrected chi connectivity index (χ2v) is 3.92. The van der Waals surface area contributed by atoms with E-state index in [4.69, 9.17) is 9.94 Å². The molecule has 1 aromatic carbocycles. The van der Waals surface area contributed by atoms with Crippen LogP contribution in [0.25, 0.3) is 0 Å². The first-order valence-corrected chi connectivity index (χ1v) is 5.98. The number of rotatable bonds is 8. The molecule has 0 saturated heterocycles. The summed E-state index contributed by atoms with van der Waals surface area (Å²) in [4.78, 5) is 27.2. The topological polar surface area (TPSA) is 87.1 Å². The van der Waals surface area contributed by atoms with E-state index < -0.39 is 5.97 Å². The highest BCUT2D eigenvalue weighted by molar-refractivity contribution is 5.90. The van der Waals surface area contributed by atoms with E-state index in [0.717, 1.165) is 17.9 Å². The summed E-state index contributed by atoms with van der Waals surface area (Å²) in [6.07, 6.45) is 2.14. The first-order valence-electron chi connectivity index (χ1n) is 5.98. The summed E-state index contributed by atoms with van der Waals surface area (Å²) < 4.78 is 0. The van der Waals surface area contributed by atoms with Gasteiger partial charge in [0.25, 0.3) is 0 Å². The fraction of sp³-hybridized carbons (Fsp3) is 0.385. The SMILES string of the molecule is CCCCON(C=O)c1cc(C(=O)O)ccc1CO. The van der Waals surface area contributed by atoms with Crippen LogP contribution in [0.3, 0.4) is 0 Å². The van der Waals surface area contributed by atoms with E-state index >= 15 is 0 Å². The van der Waals surface area contributed by atoms with Crippen LogP contribution in [0.1, 0.15) is 35.7 Å². The number of amides is 1. The van der Waals surface area contributed by atoms with Gasteiger partial charge in [-0.25, -0.2) is 4.79 Å². The zero-order valence-corrected chi connectivity index (χ0v) is 10.7. The first kappa shape index (κ1) is 15.1. The van der Waals surface area contributed by atoms with Crippen molar-refractivity contribution < 1.29 is 24.6 Å². The summed E-state index contributed by atoms with van der Waals surface area (Å²) in [5.74, 6) is -1.11. The number of hydrogen-bond acceptors (Lipinski definition) is 4. The van der Waals surface area contributed by atoms with Crippen LogP contribution < -0.4 is 5.06 Å². The first-order chi connectivity index (χ1) is 9.13. The van der Waals surface area contributed by atoms with Crippen molar-refractivity contribution in [2.24, 2.45) is 0 Å². The number of nitrogens with zero attached hydrogens (tertiary/aromatic N) is 1. The summed E-state index contributed by atoms with van der Waals surface area (Å²) in [5, 5.41) is 19.1. The van der Waals surface area contributed by atoms with Gasteiger partial charge >= 0.3 is 5.97 Å². The minimum absolute atomic E-state index is 0.0261. The molecule has 0 fully saturated rings. The highest BCUT2D eigenvalue weighted by atomic mass is 16.7. The molecule has 1 rings (SSSR count). The molecule has 0 atom stereocenters. The fourth-order valence-electron chi connectivity index (χ4n) is 1.50. The maximum Gasteiger partial charge on any atom is 0.335 e. The average Bonchev–Trinajstić information content (AvgIpc) is 2.43. The van der Waals surface area contributed by atoms with Gasteiger partial charge in [0.05, 0.1) is 24.5 Å². The molecular formula is C13H17NO5. The summed E-state index contributed by atoms with van der Waals surface area (Å²) >= 11 is 0. The number of carboxylic acid groups (broad SMARTS) is 1. The number of aliphatic hydroxyl groups excluding tert-OH is 1. The molecular weight excluding hydrogens is 250 g/mol. The smallest absolute Gasteiger partial charge is 0.335 e. The molecule has 0 aliphatic heterocycles. The van der Waals surface area contributed by atoms with Crippen molar-refractivity contribution in [1.29, 1.82) is 0 Å². The van der Waals surface area contributed by atoms with E-state index in [1.54, 1.807) is 0 Å². The molecule has 0 aliphatic carbocycles. The number of aromatic carboxylic acids is 1. The Labute approximate surface area is 111 Å². The van der Waals surface area contributed by atoms with Gasteiger partial charge in [-0.1, -0.05) is 19.4 Å². The van der Waals surface area contributed by atoms with Crippen LogP contribution in [0, 0.1) is 0 Å². The maximum absolute atomic E-state index is 11.0. The lowest BCUT2D eigenvalue weighted by atomic mass is 10.1. The summed E-state index contributed by atoms with van der Waals surface area (Å²) in [7, 11) is 0. The minimum Gasteiger partial charge on any atom is -0.478 e. The molecule has 0 bridgehead atoms. The van der Waals surface area contributed by atoms with Gasteiger partial charge in [-0.15, -0.1) is 0 Å². The largest absolute Gasteiger partial charge is 0.478 e. The van der Waals surface area contributed by atoms with Gasteiger partial charge < -0.3 is 10.2 Å². The Bertz CT molecular complexity index is 447. The third-order valence-electron chi connectivity index (χ3n) is 2.56. The van der Waals surface area contributed by atoms with Crippen LogP contribution in [-0.2, 0) is 16.2 Å². The van der Waals surface area contributed by atoms with Crippen LogP contribution in [-0.4, -0.2) is 29.2 Å². The summed E-state index contributed by atoms with van der Waals surface area (Å²) in [5.41, 5.74) is 0.695. The molecule has 0 unspecified atom stereocenters. The van der Waals surface area contributed by atoms with E-state index in [0.29, 0.717) is 18.6 Å². The highest BCUT2D eigenvalue weighted by Crippen LogP contribution is 2.22. The molecule has 0 spiro atoms. The number of carboxylic acids is 1. The third kappa shape index (κ3) is 4.04. The molecule has 104 valence electrons. The quantitative estimate of drug-likeness (QED) is 0.424. The Hall–Kier alpha value is -1.92. The van der Waals surface area contributed by atoms with Crippen molar-refractivity contribution in [3.63, 3.8) is 0 Å². The van der Waals surface area contributed by atoms with Gasteiger partial charge in [-0.05, 0) is 18.6 Å². The molecule has 19 heavy (non-hydrogen) atoms. The van der Waals surface area contributed by atoms with E-state index in [2.05, 4.69) is 0 Å². The number of anilines is 1. The lowest BCUT2D eigenvalue weighted by Gasteiger charge is -2.19. The van der Waals surface area contributed by atoms with Gasteiger partial charge in [0.2, 0.25) is 6.41 Å². The molecule has 0 saturated carbocycles. The second kappa shape index (κ2) is 7.50. The molecule has 0 radical (unpaired) electrons. The summed E-state index contributed by atoms with van der Waals surface area (Å²) in [6.45, 7) is 2.02. The molecule has 1 amide bonds. The standard InChI is InChI=1S/C13H17NO5/c1-2-3-6-19-14(9-16)12-7-10(13(17)18)4-5-11(12)8-15/h4-5,7,9,15H,2-3,6,8H2,1H3,(H,17,18). The number of aliphatic hydroxyl groups is 1. The number of unbranched alkanes of at least 4 members (excludes halogenated alkanes) is 1. The Morgan fingerprint density at radius 2 is 2.21 bits per heavy atom. The van der Waals surface area contributed by atoms with Crippen molar-refractivity contribution in [3.8, 4) is 0 Å². The van der Waals surface area contributed by atoms with Crippen molar-refractivity contribution in [2.75, 3.05) is 11.7 Å². The molecule has 0 aliphatic rings.